The summed E-state index contributed by atoms with van der Waals surface area (Å²) in [4.78, 5) is 81.3. The van der Waals surface area contributed by atoms with Gasteiger partial charge < -0.3 is 38.6 Å². The highest BCUT2D eigenvalue weighted by atomic mass is 16.7. The van der Waals surface area contributed by atoms with Crippen LogP contribution in [-0.2, 0) is 54.2 Å². The molecule has 54 heavy (non-hydrogen) atoms. The minimum absolute atomic E-state index is 0.00904. The molecule has 0 saturated carbocycles. The number of esters is 3. The lowest BCUT2D eigenvalue weighted by molar-refractivity contribution is -0.160. The van der Waals surface area contributed by atoms with Crippen LogP contribution in [-0.4, -0.2) is 121 Å². The fourth-order valence-electron chi connectivity index (χ4n) is 5.80. The second kappa shape index (κ2) is 23.4. The number of benzene rings is 1. The zero-order valence-electron chi connectivity index (χ0n) is 33.1. The van der Waals surface area contributed by atoms with Crippen LogP contribution in [0.4, 0.5) is 9.59 Å². The first-order valence-electron chi connectivity index (χ1n) is 18.8. The molecule has 1 saturated heterocycles. The van der Waals surface area contributed by atoms with Gasteiger partial charge in [0.25, 0.3) is 0 Å². The molecule has 16 heteroatoms. The molecule has 0 aromatic heterocycles. The Morgan fingerprint density at radius 2 is 1.44 bits per heavy atom. The SMILES string of the molecule is CCOC(=O)O[C@@H]1CC[C@@H](C(=O)N(CCN(C(CCCCNC(=O)OC(C)(C)C)C(=O)OCc2ccccc2)[C@H](C)C(=O)OCC)[C@H](C)C(=O)OCC)N1. The van der Waals surface area contributed by atoms with Crippen LogP contribution in [0.2, 0.25) is 0 Å². The lowest BCUT2D eigenvalue weighted by atomic mass is 10.0. The molecule has 0 spiro atoms. The molecule has 0 radical (unpaired) electrons. The standard InChI is InChI=1S/C38H60N4O12/c1-9-49-33(44)26(4)41(23-24-42(27(5)34(45)50-10-2)32(43)29-20-21-31(40-29)53-37(48)51-11-3)30(35(46)52-25-28-17-13-12-14-18-28)19-15-16-22-39-36(47)54-38(6,7)8/h12-14,17-18,26-27,29-31,40H,9-11,15-16,19-25H2,1-8H3,(H,39,47)/t26-,27-,29+,30?,31-/m1/s1. The van der Waals surface area contributed by atoms with E-state index in [1.807, 2.05) is 30.3 Å². The maximum Gasteiger partial charge on any atom is 0.509 e. The van der Waals surface area contributed by atoms with Gasteiger partial charge in [-0.05, 0) is 86.6 Å². The lowest BCUT2D eigenvalue weighted by Crippen LogP contribution is -2.57. The van der Waals surface area contributed by atoms with Gasteiger partial charge in [-0.1, -0.05) is 30.3 Å². The molecule has 1 aromatic rings. The molecular formula is C38H60N4O12. The van der Waals surface area contributed by atoms with Crippen molar-refractivity contribution in [3.8, 4) is 0 Å². The van der Waals surface area contributed by atoms with E-state index in [0.717, 1.165) is 5.56 Å². The van der Waals surface area contributed by atoms with Crippen molar-refractivity contribution in [2.45, 2.75) is 130 Å². The van der Waals surface area contributed by atoms with Crippen LogP contribution in [0.3, 0.4) is 0 Å². The summed E-state index contributed by atoms with van der Waals surface area (Å²) in [5, 5.41) is 5.71. The quantitative estimate of drug-likeness (QED) is 0.104. The van der Waals surface area contributed by atoms with Crippen molar-refractivity contribution in [2.75, 3.05) is 39.5 Å². The number of rotatable bonds is 21. The number of ether oxygens (including phenoxy) is 6. The summed E-state index contributed by atoms with van der Waals surface area (Å²) in [6.07, 6.45) is -0.397. The monoisotopic (exact) mass is 764 g/mol. The fourth-order valence-corrected chi connectivity index (χ4v) is 5.80. The Morgan fingerprint density at radius 3 is 2.06 bits per heavy atom. The van der Waals surface area contributed by atoms with Crippen molar-refractivity contribution in [1.29, 1.82) is 0 Å². The van der Waals surface area contributed by atoms with E-state index >= 15 is 0 Å². The summed E-state index contributed by atoms with van der Waals surface area (Å²) < 4.78 is 31.8. The Balaban J connectivity index is 2.38. The average Bonchev–Trinajstić information content (AvgIpc) is 3.58. The van der Waals surface area contributed by atoms with E-state index in [1.165, 1.54) is 4.90 Å². The predicted octanol–water partition coefficient (Wildman–Crippen LogP) is 4.08. The molecule has 1 aliphatic rings. The number of nitrogens with zero attached hydrogens (tertiary/aromatic N) is 2. The smallest absolute Gasteiger partial charge is 0.465 e. The summed E-state index contributed by atoms with van der Waals surface area (Å²) in [6, 6.07) is 5.38. The van der Waals surface area contributed by atoms with Gasteiger partial charge in [-0.25, -0.2) is 14.4 Å². The van der Waals surface area contributed by atoms with Gasteiger partial charge in [-0.3, -0.25) is 24.6 Å². The van der Waals surface area contributed by atoms with Crippen LogP contribution in [0.25, 0.3) is 0 Å². The van der Waals surface area contributed by atoms with Crippen molar-refractivity contribution in [3.63, 3.8) is 0 Å². The Morgan fingerprint density at radius 1 is 0.815 bits per heavy atom. The van der Waals surface area contributed by atoms with E-state index in [2.05, 4.69) is 10.6 Å². The first kappa shape index (κ1) is 45.7. The summed E-state index contributed by atoms with van der Waals surface area (Å²) in [7, 11) is 0. The Bertz CT molecular complexity index is 1360. The molecule has 0 aliphatic carbocycles. The third-order valence-electron chi connectivity index (χ3n) is 8.47. The number of amides is 2. The number of hydrogen-bond donors (Lipinski definition) is 2. The van der Waals surface area contributed by atoms with E-state index in [4.69, 9.17) is 28.4 Å². The first-order valence-corrected chi connectivity index (χ1v) is 18.8. The molecule has 1 aliphatic heterocycles. The largest absolute Gasteiger partial charge is 0.509 e. The van der Waals surface area contributed by atoms with Gasteiger partial charge in [0.15, 0.2) is 6.23 Å². The number of alkyl carbamates (subject to hydrolysis) is 1. The van der Waals surface area contributed by atoms with Crippen LogP contribution in [0, 0.1) is 0 Å². The molecule has 5 atom stereocenters. The van der Waals surface area contributed by atoms with Crippen molar-refractivity contribution in [1.82, 2.24) is 20.4 Å². The van der Waals surface area contributed by atoms with E-state index in [1.54, 1.807) is 60.3 Å². The zero-order valence-corrected chi connectivity index (χ0v) is 33.1. The van der Waals surface area contributed by atoms with Gasteiger partial charge >= 0.3 is 30.2 Å². The molecule has 2 amide bonds. The van der Waals surface area contributed by atoms with Crippen molar-refractivity contribution in [2.24, 2.45) is 0 Å². The van der Waals surface area contributed by atoms with Crippen LogP contribution in [0.5, 0.6) is 0 Å². The number of unbranched alkanes of at least 4 members (excludes halogenated alkanes) is 1. The van der Waals surface area contributed by atoms with E-state index in [-0.39, 0.29) is 52.5 Å². The summed E-state index contributed by atoms with van der Waals surface area (Å²) >= 11 is 0. The van der Waals surface area contributed by atoms with Gasteiger partial charge in [0.05, 0.1) is 25.9 Å². The summed E-state index contributed by atoms with van der Waals surface area (Å²) in [6.45, 7) is 13.9. The van der Waals surface area contributed by atoms with Crippen molar-refractivity contribution >= 4 is 36.1 Å². The Labute approximate surface area is 318 Å². The highest BCUT2D eigenvalue weighted by Crippen LogP contribution is 2.21. The molecule has 1 heterocycles. The minimum atomic E-state index is -1.04. The maximum absolute atomic E-state index is 14.1. The second-order valence-corrected chi connectivity index (χ2v) is 13.7. The molecular weight excluding hydrogens is 704 g/mol. The number of carbonyl (C=O) groups excluding carboxylic acids is 6. The Hall–Kier alpha value is -4.44. The van der Waals surface area contributed by atoms with E-state index < -0.39 is 72.1 Å². The maximum atomic E-state index is 14.1. The van der Waals surface area contributed by atoms with Gasteiger partial charge in [0.1, 0.15) is 30.3 Å². The van der Waals surface area contributed by atoms with Gasteiger partial charge in [0, 0.05) is 26.1 Å². The molecule has 0 bridgehead atoms. The van der Waals surface area contributed by atoms with Crippen molar-refractivity contribution in [3.05, 3.63) is 35.9 Å². The Kier molecular flexibility index (Phi) is 19.8. The van der Waals surface area contributed by atoms with Crippen LogP contribution in [0.15, 0.2) is 30.3 Å². The van der Waals surface area contributed by atoms with Crippen molar-refractivity contribution < 1.29 is 57.2 Å². The average molecular weight is 765 g/mol. The van der Waals surface area contributed by atoms with E-state index in [9.17, 15) is 28.8 Å². The summed E-state index contributed by atoms with van der Waals surface area (Å²) in [5.41, 5.74) is 0.110. The number of carbonyl (C=O) groups is 6. The zero-order chi connectivity index (χ0) is 40.3. The molecule has 2 N–H and O–H groups in total. The number of nitrogens with one attached hydrogen (secondary N) is 2. The topological polar surface area (TPSA) is 188 Å². The predicted molar refractivity (Wildman–Crippen MR) is 197 cm³/mol. The van der Waals surface area contributed by atoms with Crippen LogP contribution in [0.1, 0.15) is 93.1 Å². The lowest BCUT2D eigenvalue weighted by Gasteiger charge is -2.37. The first-order chi connectivity index (χ1) is 25.6. The van der Waals surface area contributed by atoms with Crippen LogP contribution >= 0.6 is 0 Å². The molecule has 304 valence electrons. The molecule has 16 nitrogen and oxygen atoms in total. The third kappa shape index (κ3) is 15.9. The summed E-state index contributed by atoms with van der Waals surface area (Å²) in [5.74, 6) is -2.27. The molecule has 1 unspecified atom stereocenters. The third-order valence-corrected chi connectivity index (χ3v) is 8.47. The second-order valence-electron chi connectivity index (χ2n) is 13.7. The molecule has 2 rings (SSSR count). The van der Waals surface area contributed by atoms with Gasteiger partial charge in [0.2, 0.25) is 5.91 Å². The fraction of sp³-hybridized carbons (Fsp3) is 0.684. The van der Waals surface area contributed by atoms with Gasteiger partial charge in [-0.2, -0.15) is 0 Å². The van der Waals surface area contributed by atoms with E-state index in [0.29, 0.717) is 25.7 Å². The highest BCUT2D eigenvalue weighted by Gasteiger charge is 2.40. The number of hydrogen-bond acceptors (Lipinski definition) is 14. The van der Waals surface area contributed by atoms with Crippen LogP contribution < -0.4 is 10.6 Å². The minimum Gasteiger partial charge on any atom is -0.465 e. The van der Waals surface area contributed by atoms with Gasteiger partial charge in [-0.15, -0.1) is 0 Å². The molecule has 1 aromatic carbocycles. The molecule has 1 fully saturated rings. The highest BCUT2D eigenvalue weighted by molar-refractivity contribution is 5.88. The normalized spacial score (nSPS) is 17.1.